The van der Waals surface area contributed by atoms with Crippen molar-refractivity contribution in [3.8, 4) is 33.1 Å². The van der Waals surface area contributed by atoms with Gasteiger partial charge in [-0.3, -0.25) is 14.9 Å². The molecule has 4 heterocycles. The van der Waals surface area contributed by atoms with E-state index in [9.17, 15) is 4.79 Å². The van der Waals surface area contributed by atoms with Crippen LogP contribution in [0.2, 0.25) is 0 Å². The average Bonchev–Trinajstić information content (AvgIpc) is 3.62. The maximum Gasteiger partial charge on any atom is 0.224 e. The summed E-state index contributed by atoms with van der Waals surface area (Å²) in [6, 6.07) is 18.3. The number of fused-ring (bicyclic) bond motifs is 2. The van der Waals surface area contributed by atoms with Crippen LogP contribution in [0.4, 0.5) is 5.69 Å². The maximum absolute atomic E-state index is 11.8. The van der Waals surface area contributed by atoms with E-state index in [-0.39, 0.29) is 5.91 Å². The molecule has 0 spiro atoms. The number of hydrogen-bond acceptors (Lipinski definition) is 5. The van der Waals surface area contributed by atoms with Crippen LogP contribution in [0.3, 0.4) is 0 Å². The predicted molar refractivity (Wildman–Crippen MR) is 137 cm³/mol. The summed E-state index contributed by atoms with van der Waals surface area (Å²) in [5.41, 5.74) is 7.24. The van der Waals surface area contributed by atoms with E-state index in [1.807, 2.05) is 43.3 Å². The fourth-order valence-electron chi connectivity index (χ4n) is 4.06. The van der Waals surface area contributed by atoms with Gasteiger partial charge in [-0.05, 0) is 41.3 Å². The van der Waals surface area contributed by atoms with Crippen molar-refractivity contribution < 1.29 is 4.79 Å². The van der Waals surface area contributed by atoms with Gasteiger partial charge in [0.05, 0.1) is 28.4 Å². The number of benzene rings is 2. The first-order valence-electron chi connectivity index (χ1n) is 11.0. The first kappa shape index (κ1) is 20.3. The molecular formula is C26H20N6OS. The third-order valence-corrected chi connectivity index (χ3v) is 6.67. The number of nitrogens with one attached hydrogen (secondary N) is 3. The summed E-state index contributed by atoms with van der Waals surface area (Å²) in [7, 11) is 0. The number of hydrogen-bond donors (Lipinski definition) is 3. The molecule has 0 atom stereocenters. The Kier molecular flexibility index (Phi) is 4.92. The number of imidazole rings is 1. The Morgan fingerprint density at radius 2 is 1.97 bits per heavy atom. The van der Waals surface area contributed by atoms with Crippen molar-refractivity contribution in [3.63, 3.8) is 0 Å². The highest BCUT2D eigenvalue weighted by Crippen LogP contribution is 2.34. The topological polar surface area (TPSA) is 99.3 Å². The number of carbonyl (C=O) groups excluding carboxylic acids is 1. The third kappa shape index (κ3) is 3.54. The Hall–Kier alpha value is -4.30. The van der Waals surface area contributed by atoms with E-state index in [1.165, 1.54) is 4.88 Å². The molecule has 34 heavy (non-hydrogen) atoms. The van der Waals surface area contributed by atoms with E-state index in [2.05, 4.69) is 49.1 Å². The van der Waals surface area contributed by atoms with Gasteiger partial charge in [0, 0.05) is 34.0 Å². The lowest BCUT2D eigenvalue weighted by Crippen LogP contribution is -2.09. The van der Waals surface area contributed by atoms with Crippen molar-refractivity contribution in [2.45, 2.75) is 13.3 Å². The largest absolute Gasteiger partial charge is 0.337 e. The number of carbonyl (C=O) groups is 1. The van der Waals surface area contributed by atoms with Gasteiger partial charge in [0.15, 0.2) is 5.82 Å². The minimum Gasteiger partial charge on any atom is -0.337 e. The van der Waals surface area contributed by atoms with Crippen molar-refractivity contribution in [3.05, 3.63) is 72.4 Å². The van der Waals surface area contributed by atoms with Crippen LogP contribution in [0, 0.1) is 0 Å². The van der Waals surface area contributed by atoms with E-state index in [1.54, 1.807) is 23.7 Å². The fraction of sp³-hybridized carbons (Fsp3) is 0.0769. The van der Waals surface area contributed by atoms with Crippen LogP contribution in [-0.4, -0.2) is 31.1 Å². The SMILES string of the molecule is CCC(=O)Nc1cncc(-c2ccc3[nH]nc(-c4nc5c(-c6cccs6)cccc5[nH]4)c3c2)c1. The molecule has 2 aromatic carbocycles. The van der Waals surface area contributed by atoms with Gasteiger partial charge in [0.1, 0.15) is 5.69 Å². The molecule has 0 fully saturated rings. The maximum atomic E-state index is 11.8. The summed E-state index contributed by atoms with van der Waals surface area (Å²) in [6.07, 6.45) is 3.86. The van der Waals surface area contributed by atoms with Gasteiger partial charge in [-0.15, -0.1) is 11.3 Å². The number of para-hydroxylation sites is 1. The second-order valence-corrected chi connectivity index (χ2v) is 8.91. The number of amides is 1. The molecule has 0 saturated carbocycles. The molecule has 0 bridgehead atoms. The molecule has 1 amide bonds. The van der Waals surface area contributed by atoms with Gasteiger partial charge in [-0.2, -0.15) is 5.10 Å². The molecule has 3 N–H and O–H groups in total. The number of thiophene rings is 1. The second-order valence-electron chi connectivity index (χ2n) is 7.96. The van der Waals surface area contributed by atoms with Crippen molar-refractivity contribution in [2.24, 2.45) is 0 Å². The summed E-state index contributed by atoms with van der Waals surface area (Å²) < 4.78 is 0. The zero-order chi connectivity index (χ0) is 23.1. The van der Waals surface area contributed by atoms with E-state index in [4.69, 9.17) is 4.98 Å². The van der Waals surface area contributed by atoms with Crippen LogP contribution < -0.4 is 5.32 Å². The number of pyridine rings is 1. The van der Waals surface area contributed by atoms with Gasteiger partial charge >= 0.3 is 0 Å². The van der Waals surface area contributed by atoms with Gasteiger partial charge in [-0.25, -0.2) is 4.98 Å². The van der Waals surface area contributed by atoms with E-state index >= 15 is 0 Å². The van der Waals surface area contributed by atoms with Crippen LogP contribution in [0.1, 0.15) is 13.3 Å². The highest BCUT2D eigenvalue weighted by molar-refractivity contribution is 7.13. The van der Waals surface area contributed by atoms with Gasteiger partial charge in [0.2, 0.25) is 5.91 Å². The number of rotatable bonds is 5. The van der Waals surface area contributed by atoms with Crippen molar-refractivity contribution >= 4 is 44.9 Å². The van der Waals surface area contributed by atoms with Crippen LogP contribution >= 0.6 is 11.3 Å². The lowest BCUT2D eigenvalue weighted by atomic mass is 10.0. The van der Waals surface area contributed by atoms with Gasteiger partial charge in [-0.1, -0.05) is 31.2 Å². The smallest absolute Gasteiger partial charge is 0.224 e. The molecule has 166 valence electrons. The normalized spacial score (nSPS) is 11.3. The van der Waals surface area contributed by atoms with Crippen LogP contribution in [0.25, 0.3) is 55.0 Å². The fourth-order valence-corrected chi connectivity index (χ4v) is 4.82. The highest BCUT2D eigenvalue weighted by Gasteiger charge is 2.16. The number of aromatic amines is 2. The molecule has 4 aromatic heterocycles. The summed E-state index contributed by atoms with van der Waals surface area (Å²) in [6.45, 7) is 1.82. The van der Waals surface area contributed by atoms with Crippen molar-refractivity contribution in [1.82, 2.24) is 25.1 Å². The molecule has 0 unspecified atom stereocenters. The standard InChI is InChI=1S/C26H20N6OS/c1-2-23(33)28-17-11-16(13-27-14-17)15-8-9-20-19(12-15)25(32-31-20)26-29-21-6-3-5-18(24(21)30-26)22-7-4-10-34-22/h3-14H,2H2,1H3,(H,28,33)(H,29,30)(H,31,32). The molecule has 0 radical (unpaired) electrons. The quantitative estimate of drug-likeness (QED) is 0.281. The molecule has 7 nitrogen and oxygen atoms in total. The van der Waals surface area contributed by atoms with Crippen LogP contribution in [0.15, 0.2) is 72.4 Å². The van der Waals surface area contributed by atoms with Gasteiger partial charge in [0.25, 0.3) is 0 Å². The lowest BCUT2D eigenvalue weighted by molar-refractivity contribution is -0.115. The zero-order valence-corrected chi connectivity index (χ0v) is 19.1. The Morgan fingerprint density at radius 3 is 2.82 bits per heavy atom. The molecule has 0 aliphatic carbocycles. The zero-order valence-electron chi connectivity index (χ0n) is 18.3. The van der Waals surface area contributed by atoms with E-state index in [0.717, 1.165) is 44.3 Å². The van der Waals surface area contributed by atoms with E-state index in [0.29, 0.717) is 17.9 Å². The first-order valence-corrected chi connectivity index (χ1v) is 11.8. The first-order chi connectivity index (χ1) is 16.7. The average molecular weight is 465 g/mol. The van der Waals surface area contributed by atoms with Crippen molar-refractivity contribution in [1.29, 1.82) is 0 Å². The van der Waals surface area contributed by atoms with Crippen molar-refractivity contribution in [2.75, 3.05) is 5.32 Å². The van der Waals surface area contributed by atoms with Crippen LogP contribution in [-0.2, 0) is 4.79 Å². The second kappa shape index (κ2) is 8.24. The summed E-state index contributed by atoms with van der Waals surface area (Å²) >= 11 is 1.70. The summed E-state index contributed by atoms with van der Waals surface area (Å²) in [4.78, 5) is 25.6. The molecule has 0 aliphatic rings. The molecule has 0 aliphatic heterocycles. The molecule has 6 rings (SSSR count). The number of aromatic nitrogens is 5. The number of H-pyrrole nitrogens is 2. The van der Waals surface area contributed by atoms with Crippen LogP contribution in [0.5, 0.6) is 0 Å². The third-order valence-electron chi connectivity index (χ3n) is 5.76. The molecule has 6 aromatic rings. The monoisotopic (exact) mass is 464 g/mol. The van der Waals surface area contributed by atoms with E-state index < -0.39 is 0 Å². The van der Waals surface area contributed by atoms with Gasteiger partial charge < -0.3 is 10.3 Å². The predicted octanol–water partition coefficient (Wildman–Crippen LogP) is 6.25. The highest BCUT2D eigenvalue weighted by atomic mass is 32.1. The minimum atomic E-state index is -0.0432. The molecule has 8 heteroatoms. The summed E-state index contributed by atoms with van der Waals surface area (Å²) in [5, 5.41) is 13.6. The number of anilines is 1. The molecule has 0 saturated heterocycles. The molecular weight excluding hydrogens is 444 g/mol. The lowest BCUT2D eigenvalue weighted by Gasteiger charge is -2.06. The Labute approximate surface area is 198 Å². The number of nitrogens with zero attached hydrogens (tertiary/aromatic N) is 3. The summed E-state index contributed by atoms with van der Waals surface area (Å²) in [5.74, 6) is 0.669. The minimum absolute atomic E-state index is 0.0432. The Bertz CT molecular complexity index is 1650. The Morgan fingerprint density at radius 1 is 1.03 bits per heavy atom. The Balaban J connectivity index is 1.43.